The first-order valence-corrected chi connectivity index (χ1v) is 6.83. The van der Waals surface area contributed by atoms with Gasteiger partial charge >= 0.3 is 5.97 Å². The van der Waals surface area contributed by atoms with Crippen molar-refractivity contribution in [2.75, 3.05) is 12.3 Å². The van der Waals surface area contributed by atoms with Crippen LogP contribution in [0.2, 0.25) is 0 Å². The molecule has 0 aliphatic heterocycles. The second-order valence-corrected chi connectivity index (χ2v) is 5.10. The molecule has 100 valence electrons. The van der Waals surface area contributed by atoms with E-state index >= 15 is 0 Å². The molecule has 0 aromatic carbocycles. The molecule has 0 spiro atoms. The minimum absolute atomic E-state index is 0.243. The molecule has 1 fully saturated rings. The largest absolute Gasteiger partial charge is 0.461 e. The van der Waals surface area contributed by atoms with Crippen LogP contribution in [0.25, 0.3) is 0 Å². The maximum atomic E-state index is 12.0. The summed E-state index contributed by atoms with van der Waals surface area (Å²) in [7, 11) is 0. The van der Waals surface area contributed by atoms with E-state index in [1.54, 1.807) is 12.3 Å². The van der Waals surface area contributed by atoms with E-state index in [4.69, 9.17) is 10.5 Å². The molecule has 0 bridgehead atoms. The summed E-state index contributed by atoms with van der Waals surface area (Å²) in [6, 6.07) is 1.70. The fourth-order valence-corrected chi connectivity index (χ4v) is 2.57. The van der Waals surface area contributed by atoms with Gasteiger partial charge in [0, 0.05) is 12.7 Å². The SMILES string of the molecule is CCCn1cc(N)cc1C(=O)OCC1CCCC1. The number of carbonyl (C=O) groups is 1. The first-order chi connectivity index (χ1) is 8.70. The highest BCUT2D eigenvalue weighted by atomic mass is 16.5. The van der Waals surface area contributed by atoms with E-state index in [0.29, 0.717) is 23.9 Å². The number of carbonyl (C=O) groups excluding carboxylic acids is 1. The number of nitrogen functional groups attached to an aromatic ring is 1. The Kier molecular flexibility index (Phi) is 4.28. The van der Waals surface area contributed by atoms with Gasteiger partial charge in [0.25, 0.3) is 0 Å². The lowest BCUT2D eigenvalue weighted by molar-refractivity contribution is 0.0430. The molecule has 2 N–H and O–H groups in total. The summed E-state index contributed by atoms with van der Waals surface area (Å²) in [4.78, 5) is 12.0. The van der Waals surface area contributed by atoms with Crippen molar-refractivity contribution in [3.05, 3.63) is 18.0 Å². The van der Waals surface area contributed by atoms with Crippen molar-refractivity contribution in [2.45, 2.75) is 45.6 Å². The van der Waals surface area contributed by atoms with E-state index in [-0.39, 0.29) is 5.97 Å². The average Bonchev–Trinajstić information content (AvgIpc) is 2.96. The van der Waals surface area contributed by atoms with Gasteiger partial charge in [0.2, 0.25) is 0 Å². The van der Waals surface area contributed by atoms with Crippen LogP contribution in [-0.2, 0) is 11.3 Å². The second kappa shape index (κ2) is 5.94. The third kappa shape index (κ3) is 3.06. The summed E-state index contributed by atoms with van der Waals surface area (Å²) in [6.07, 6.45) is 7.67. The van der Waals surface area contributed by atoms with Gasteiger partial charge in [0.1, 0.15) is 5.69 Å². The average molecular weight is 250 g/mol. The number of esters is 1. The van der Waals surface area contributed by atoms with Gasteiger partial charge in [-0.05, 0) is 31.2 Å². The highest BCUT2D eigenvalue weighted by molar-refractivity contribution is 5.89. The number of aromatic nitrogens is 1. The Balaban J connectivity index is 1.94. The van der Waals surface area contributed by atoms with Crippen LogP contribution in [0.15, 0.2) is 12.3 Å². The number of hydrogen-bond acceptors (Lipinski definition) is 3. The van der Waals surface area contributed by atoms with E-state index in [1.807, 2.05) is 4.57 Å². The van der Waals surface area contributed by atoms with Crippen LogP contribution >= 0.6 is 0 Å². The fraction of sp³-hybridized carbons (Fsp3) is 0.643. The van der Waals surface area contributed by atoms with Gasteiger partial charge in [-0.25, -0.2) is 4.79 Å². The van der Waals surface area contributed by atoms with E-state index in [9.17, 15) is 4.79 Å². The molecule has 18 heavy (non-hydrogen) atoms. The molecular weight excluding hydrogens is 228 g/mol. The van der Waals surface area contributed by atoms with Crippen molar-refractivity contribution in [1.82, 2.24) is 4.57 Å². The van der Waals surface area contributed by atoms with Gasteiger partial charge < -0.3 is 15.0 Å². The predicted molar refractivity (Wildman–Crippen MR) is 71.4 cm³/mol. The van der Waals surface area contributed by atoms with Crippen molar-refractivity contribution >= 4 is 11.7 Å². The molecule has 1 saturated carbocycles. The van der Waals surface area contributed by atoms with Crippen LogP contribution in [0.5, 0.6) is 0 Å². The molecule has 4 nitrogen and oxygen atoms in total. The van der Waals surface area contributed by atoms with Gasteiger partial charge in [0.05, 0.1) is 12.3 Å². The maximum absolute atomic E-state index is 12.0. The smallest absolute Gasteiger partial charge is 0.355 e. The van der Waals surface area contributed by atoms with Crippen molar-refractivity contribution in [3.63, 3.8) is 0 Å². The van der Waals surface area contributed by atoms with E-state index in [1.165, 1.54) is 25.7 Å². The summed E-state index contributed by atoms with van der Waals surface area (Å²) in [5.41, 5.74) is 6.93. The van der Waals surface area contributed by atoms with Crippen LogP contribution in [0, 0.1) is 5.92 Å². The second-order valence-electron chi connectivity index (χ2n) is 5.10. The van der Waals surface area contributed by atoms with Gasteiger partial charge in [0.15, 0.2) is 0 Å². The third-order valence-corrected chi connectivity index (χ3v) is 3.52. The van der Waals surface area contributed by atoms with Gasteiger partial charge in [-0.15, -0.1) is 0 Å². The fourth-order valence-electron chi connectivity index (χ4n) is 2.57. The lowest BCUT2D eigenvalue weighted by atomic mass is 10.1. The van der Waals surface area contributed by atoms with Crippen molar-refractivity contribution in [2.24, 2.45) is 5.92 Å². The van der Waals surface area contributed by atoms with E-state index in [2.05, 4.69) is 6.92 Å². The molecule has 4 heteroatoms. The van der Waals surface area contributed by atoms with Crippen LogP contribution in [0.3, 0.4) is 0 Å². The number of anilines is 1. The summed E-state index contributed by atoms with van der Waals surface area (Å²) >= 11 is 0. The number of hydrogen-bond donors (Lipinski definition) is 1. The predicted octanol–water partition coefficient (Wildman–Crippen LogP) is 2.83. The van der Waals surface area contributed by atoms with Gasteiger partial charge in [-0.2, -0.15) is 0 Å². The standard InChI is InChI=1S/C14H22N2O2/c1-2-7-16-9-12(15)8-13(16)14(17)18-10-11-5-3-4-6-11/h8-9,11H,2-7,10,15H2,1H3. The van der Waals surface area contributed by atoms with Gasteiger partial charge in [-0.1, -0.05) is 19.8 Å². The topological polar surface area (TPSA) is 57.2 Å². The van der Waals surface area contributed by atoms with Crippen molar-refractivity contribution in [1.29, 1.82) is 0 Å². The third-order valence-electron chi connectivity index (χ3n) is 3.52. The first-order valence-electron chi connectivity index (χ1n) is 6.83. The Labute approximate surface area is 108 Å². The molecular formula is C14H22N2O2. The number of aryl methyl sites for hydroxylation is 1. The lowest BCUT2D eigenvalue weighted by Gasteiger charge is -2.11. The number of rotatable bonds is 5. The Morgan fingerprint density at radius 3 is 2.89 bits per heavy atom. The summed E-state index contributed by atoms with van der Waals surface area (Å²) in [6.45, 7) is 3.42. The zero-order valence-electron chi connectivity index (χ0n) is 11.0. The normalized spacial score (nSPS) is 16.1. The molecule has 2 rings (SSSR count). The Morgan fingerprint density at radius 2 is 2.22 bits per heavy atom. The Morgan fingerprint density at radius 1 is 1.50 bits per heavy atom. The van der Waals surface area contributed by atoms with E-state index in [0.717, 1.165) is 13.0 Å². The quantitative estimate of drug-likeness (QED) is 0.817. The summed E-state index contributed by atoms with van der Waals surface area (Å²) in [5.74, 6) is 0.313. The number of nitrogens with two attached hydrogens (primary N) is 1. The molecule has 0 atom stereocenters. The van der Waals surface area contributed by atoms with Crippen LogP contribution < -0.4 is 5.73 Å². The maximum Gasteiger partial charge on any atom is 0.355 e. The molecule has 0 saturated heterocycles. The van der Waals surface area contributed by atoms with E-state index < -0.39 is 0 Å². The first kappa shape index (κ1) is 13.0. The molecule has 1 aliphatic carbocycles. The van der Waals surface area contributed by atoms with Crippen LogP contribution in [-0.4, -0.2) is 17.1 Å². The Bertz CT molecular complexity index is 406. The Hall–Kier alpha value is -1.45. The molecule has 0 unspecified atom stereocenters. The van der Waals surface area contributed by atoms with Crippen molar-refractivity contribution in [3.8, 4) is 0 Å². The highest BCUT2D eigenvalue weighted by Crippen LogP contribution is 2.25. The number of ether oxygens (including phenoxy) is 1. The van der Waals surface area contributed by atoms with Gasteiger partial charge in [-0.3, -0.25) is 0 Å². The summed E-state index contributed by atoms with van der Waals surface area (Å²) in [5, 5.41) is 0. The van der Waals surface area contributed by atoms with Crippen molar-refractivity contribution < 1.29 is 9.53 Å². The van der Waals surface area contributed by atoms with Crippen LogP contribution in [0.4, 0.5) is 5.69 Å². The molecule has 1 heterocycles. The zero-order valence-corrected chi connectivity index (χ0v) is 11.0. The zero-order chi connectivity index (χ0) is 13.0. The molecule has 1 aliphatic rings. The highest BCUT2D eigenvalue weighted by Gasteiger charge is 2.19. The molecule has 1 aromatic rings. The lowest BCUT2D eigenvalue weighted by Crippen LogP contribution is -2.15. The summed E-state index contributed by atoms with van der Waals surface area (Å²) < 4.78 is 7.28. The molecule has 0 amide bonds. The minimum Gasteiger partial charge on any atom is -0.461 e. The monoisotopic (exact) mass is 250 g/mol. The minimum atomic E-state index is -0.243. The van der Waals surface area contributed by atoms with Crippen LogP contribution in [0.1, 0.15) is 49.5 Å². The molecule has 1 aromatic heterocycles. The molecule has 0 radical (unpaired) electrons. The number of nitrogens with zero attached hydrogens (tertiary/aromatic N) is 1.